The number of hydrogen-bond donors (Lipinski definition) is 0. The average Bonchev–Trinajstić information content (AvgIpc) is 2.29. The van der Waals surface area contributed by atoms with Gasteiger partial charge >= 0.3 is 0 Å². The average molecular weight is 394 g/mol. The SMILES string of the molecule is O=C(c1ccc(I)cc1)N1CCCC(Br)C1. The summed E-state index contributed by atoms with van der Waals surface area (Å²) in [6.45, 7) is 1.71. The van der Waals surface area contributed by atoms with Crippen LogP contribution in [0.3, 0.4) is 0 Å². The maximum absolute atomic E-state index is 12.2. The van der Waals surface area contributed by atoms with Gasteiger partial charge in [-0.3, -0.25) is 4.79 Å². The third-order valence-electron chi connectivity index (χ3n) is 2.74. The summed E-state index contributed by atoms with van der Waals surface area (Å²) in [5.41, 5.74) is 0.794. The van der Waals surface area contributed by atoms with Gasteiger partial charge in [-0.2, -0.15) is 0 Å². The van der Waals surface area contributed by atoms with Crippen LogP contribution in [0, 0.1) is 3.57 Å². The Labute approximate surface area is 118 Å². The number of carbonyl (C=O) groups excluding carboxylic acids is 1. The summed E-state index contributed by atoms with van der Waals surface area (Å²) < 4.78 is 1.16. The Morgan fingerprint density at radius 2 is 2.06 bits per heavy atom. The number of rotatable bonds is 1. The molecule has 1 amide bonds. The molecule has 1 unspecified atom stereocenters. The number of hydrogen-bond acceptors (Lipinski definition) is 1. The van der Waals surface area contributed by atoms with Crippen LogP contribution in [0.4, 0.5) is 0 Å². The Kier molecular flexibility index (Phi) is 4.24. The zero-order valence-corrected chi connectivity index (χ0v) is 12.6. The van der Waals surface area contributed by atoms with E-state index in [0.717, 1.165) is 35.1 Å². The van der Waals surface area contributed by atoms with Gasteiger partial charge in [-0.05, 0) is 59.7 Å². The summed E-state index contributed by atoms with van der Waals surface area (Å²) in [7, 11) is 0. The van der Waals surface area contributed by atoms with E-state index < -0.39 is 0 Å². The quantitative estimate of drug-likeness (QED) is 0.529. The molecule has 16 heavy (non-hydrogen) atoms. The summed E-state index contributed by atoms with van der Waals surface area (Å²) in [5, 5.41) is 0. The van der Waals surface area contributed by atoms with Crippen LogP contribution in [0.1, 0.15) is 23.2 Å². The van der Waals surface area contributed by atoms with Gasteiger partial charge in [0.2, 0.25) is 0 Å². The molecule has 0 aliphatic carbocycles. The van der Waals surface area contributed by atoms with Gasteiger partial charge in [0.05, 0.1) is 0 Å². The number of carbonyl (C=O) groups is 1. The van der Waals surface area contributed by atoms with Crippen molar-refractivity contribution in [2.75, 3.05) is 13.1 Å². The molecule has 0 N–H and O–H groups in total. The highest BCUT2D eigenvalue weighted by atomic mass is 127. The van der Waals surface area contributed by atoms with Gasteiger partial charge in [0.15, 0.2) is 0 Å². The van der Waals surface area contributed by atoms with Crippen LogP contribution in [-0.2, 0) is 0 Å². The minimum Gasteiger partial charge on any atom is -0.338 e. The Morgan fingerprint density at radius 3 is 2.69 bits per heavy atom. The minimum absolute atomic E-state index is 0.153. The van der Waals surface area contributed by atoms with Crippen molar-refractivity contribution in [1.29, 1.82) is 0 Å². The second kappa shape index (κ2) is 5.49. The minimum atomic E-state index is 0.153. The lowest BCUT2D eigenvalue weighted by Crippen LogP contribution is -2.40. The van der Waals surface area contributed by atoms with Crippen molar-refractivity contribution in [3.05, 3.63) is 33.4 Å². The van der Waals surface area contributed by atoms with Gasteiger partial charge in [0.25, 0.3) is 5.91 Å². The maximum Gasteiger partial charge on any atom is 0.253 e. The molecule has 1 fully saturated rings. The molecule has 0 saturated carbocycles. The molecule has 1 atom stereocenters. The van der Waals surface area contributed by atoms with E-state index in [0.29, 0.717) is 4.83 Å². The molecule has 0 spiro atoms. The van der Waals surface area contributed by atoms with E-state index in [2.05, 4.69) is 38.5 Å². The third-order valence-corrected chi connectivity index (χ3v) is 4.21. The van der Waals surface area contributed by atoms with Crippen molar-refractivity contribution >= 4 is 44.4 Å². The number of nitrogens with zero attached hydrogens (tertiary/aromatic N) is 1. The van der Waals surface area contributed by atoms with Gasteiger partial charge in [-0.15, -0.1) is 0 Å². The van der Waals surface area contributed by atoms with Crippen LogP contribution >= 0.6 is 38.5 Å². The molecule has 1 aromatic rings. The molecule has 86 valence electrons. The predicted octanol–water partition coefficient (Wildman–Crippen LogP) is 3.29. The van der Waals surface area contributed by atoms with Crippen molar-refractivity contribution in [2.45, 2.75) is 17.7 Å². The van der Waals surface area contributed by atoms with E-state index >= 15 is 0 Å². The fourth-order valence-corrected chi connectivity index (χ4v) is 2.92. The van der Waals surface area contributed by atoms with Crippen molar-refractivity contribution in [2.24, 2.45) is 0 Å². The summed E-state index contributed by atoms with van der Waals surface area (Å²) in [6.07, 6.45) is 2.25. The first kappa shape index (κ1) is 12.4. The van der Waals surface area contributed by atoms with Crippen LogP contribution in [0.15, 0.2) is 24.3 Å². The number of likely N-dealkylation sites (tertiary alicyclic amines) is 1. The summed E-state index contributed by atoms with van der Waals surface area (Å²) in [4.78, 5) is 14.5. The smallest absolute Gasteiger partial charge is 0.253 e. The van der Waals surface area contributed by atoms with Gasteiger partial charge in [-0.25, -0.2) is 0 Å². The zero-order valence-electron chi connectivity index (χ0n) is 8.83. The maximum atomic E-state index is 12.2. The molecule has 2 rings (SSSR count). The van der Waals surface area contributed by atoms with Crippen molar-refractivity contribution < 1.29 is 4.79 Å². The molecule has 2 nitrogen and oxygen atoms in total. The summed E-state index contributed by atoms with van der Waals surface area (Å²) >= 11 is 5.83. The van der Waals surface area contributed by atoms with E-state index in [1.165, 1.54) is 0 Å². The van der Waals surface area contributed by atoms with E-state index in [1.807, 2.05) is 29.2 Å². The Hall–Kier alpha value is -0.100. The molecule has 4 heteroatoms. The van der Waals surface area contributed by atoms with Gasteiger partial charge < -0.3 is 4.90 Å². The topological polar surface area (TPSA) is 20.3 Å². The normalized spacial score (nSPS) is 20.9. The lowest BCUT2D eigenvalue weighted by atomic mass is 10.1. The molecule has 0 aromatic heterocycles. The number of amides is 1. The molecule has 0 bridgehead atoms. The molecular weight excluding hydrogens is 381 g/mol. The molecule has 1 heterocycles. The number of benzene rings is 1. The molecule has 1 aromatic carbocycles. The van der Waals surface area contributed by atoms with E-state index in [4.69, 9.17) is 0 Å². The standard InChI is InChI=1S/C12H13BrINO/c13-10-2-1-7-15(8-10)12(16)9-3-5-11(14)6-4-9/h3-6,10H,1-2,7-8H2. The van der Waals surface area contributed by atoms with Crippen LogP contribution in [0.25, 0.3) is 0 Å². The molecular formula is C12H13BrINO. The predicted molar refractivity (Wildman–Crippen MR) is 77.0 cm³/mol. The zero-order chi connectivity index (χ0) is 11.5. The fraction of sp³-hybridized carbons (Fsp3) is 0.417. The first-order chi connectivity index (χ1) is 7.66. The van der Waals surface area contributed by atoms with E-state index in [1.54, 1.807) is 0 Å². The number of halogens is 2. The number of piperidine rings is 1. The van der Waals surface area contributed by atoms with Crippen LogP contribution in [0.2, 0.25) is 0 Å². The van der Waals surface area contributed by atoms with E-state index in [9.17, 15) is 4.79 Å². The van der Waals surface area contributed by atoms with Crippen LogP contribution < -0.4 is 0 Å². The lowest BCUT2D eigenvalue weighted by Gasteiger charge is -2.30. The summed E-state index contributed by atoms with van der Waals surface area (Å²) in [6, 6.07) is 7.76. The Bertz CT molecular complexity index is 379. The molecule has 1 aliphatic rings. The van der Waals surface area contributed by atoms with Crippen molar-refractivity contribution in [3.63, 3.8) is 0 Å². The highest BCUT2D eigenvalue weighted by molar-refractivity contribution is 14.1. The summed E-state index contributed by atoms with van der Waals surface area (Å²) in [5.74, 6) is 0.153. The second-order valence-electron chi connectivity index (χ2n) is 4.00. The highest BCUT2D eigenvalue weighted by Crippen LogP contribution is 2.19. The first-order valence-corrected chi connectivity index (χ1v) is 7.35. The van der Waals surface area contributed by atoms with Crippen LogP contribution in [0.5, 0.6) is 0 Å². The number of alkyl halides is 1. The van der Waals surface area contributed by atoms with Crippen molar-refractivity contribution in [1.82, 2.24) is 4.90 Å². The van der Waals surface area contributed by atoms with Gasteiger partial charge in [0, 0.05) is 27.1 Å². The highest BCUT2D eigenvalue weighted by Gasteiger charge is 2.22. The monoisotopic (exact) mass is 393 g/mol. The van der Waals surface area contributed by atoms with E-state index in [-0.39, 0.29) is 5.91 Å². The Balaban J connectivity index is 2.09. The Morgan fingerprint density at radius 1 is 1.38 bits per heavy atom. The second-order valence-corrected chi connectivity index (χ2v) is 6.54. The third kappa shape index (κ3) is 2.97. The van der Waals surface area contributed by atoms with Gasteiger partial charge in [0.1, 0.15) is 0 Å². The fourth-order valence-electron chi connectivity index (χ4n) is 1.88. The molecule has 1 aliphatic heterocycles. The van der Waals surface area contributed by atoms with Gasteiger partial charge in [-0.1, -0.05) is 15.9 Å². The van der Waals surface area contributed by atoms with Crippen molar-refractivity contribution in [3.8, 4) is 0 Å². The molecule has 1 saturated heterocycles. The van der Waals surface area contributed by atoms with Crippen LogP contribution in [-0.4, -0.2) is 28.7 Å². The first-order valence-electron chi connectivity index (χ1n) is 5.36. The lowest BCUT2D eigenvalue weighted by molar-refractivity contribution is 0.0730. The molecule has 0 radical (unpaired) electrons. The largest absolute Gasteiger partial charge is 0.338 e.